The van der Waals surface area contributed by atoms with E-state index in [1.54, 1.807) is 0 Å². The smallest absolute Gasteiger partial charge is 0.0230 e. The molecule has 12 heavy (non-hydrogen) atoms. The summed E-state index contributed by atoms with van der Waals surface area (Å²) in [5.74, 6) is 0. The lowest BCUT2D eigenvalue weighted by molar-refractivity contribution is 0.346. The first-order valence-electron chi connectivity index (χ1n) is 4.15. The molecule has 0 atom stereocenters. The van der Waals surface area contributed by atoms with Crippen LogP contribution >= 0.6 is 15.9 Å². The fourth-order valence-electron chi connectivity index (χ4n) is 1.01. The van der Waals surface area contributed by atoms with Gasteiger partial charge in [0.15, 0.2) is 0 Å². The molecule has 0 amide bonds. The van der Waals surface area contributed by atoms with Gasteiger partial charge in [-0.1, -0.05) is 35.0 Å². The summed E-state index contributed by atoms with van der Waals surface area (Å²) in [6, 6.07) is 8.46. The zero-order chi connectivity index (χ0) is 8.97. The average molecular weight is 228 g/mol. The summed E-state index contributed by atoms with van der Waals surface area (Å²) in [7, 11) is 2.13. The summed E-state index contributed by atoms with van der Waals surface area (Å²) in [4.78, 5) is 2.28. The van der Waals surface area contributed by atoms with Crippen LogP contribution in [0.2, 0.25) is 0 Å². The van der Waals surface area contributed by atoms with Crippen LogP contribution in [0.4, 0.5) is 0 Å². The van der Waals surface area contributed by atoms with Crippen molar-refractivity contribution in [1.29, 1.82) is 0 Å². The molecule has 0 fully saturated rings. The van der Waals surface area contributed by atoms with E-state index >= 15 is 0 Å². The molecule has 0 radical (unpaired) electrons. The van der Waals surface area contributed by atoms with Gasteiger partial charge in [0.25, 0.3) is 0 Å². The van der Waals surface area contributed by atoms with Gasteiger partial charge in [0.2, 0.25) is 0 Å². The van der Waals surface area contributed by atoms with E-state index in [1.165, 1.54) is 5.56 Å². The number of nitrogens with zero attached hydrogens (tertiary/aromatic N) is 1. The van der Waals surface area contributed by atoms with Crippen LogP contribution in [0.15, 0.2) is 28.7 Å². The Morgan fingerprint density at radius 2 is 1.83 bits per heavy atom. The van der Waals surface area contributed by atoms with E-state index in [2.05, 4.69) is 59.1 Å². The van der Waals surface area contributed by atoms with Crippen molar-refractivity contribution < 1.29 is 0 Å². The number of rotatable bonds is 3. The highest BCUT2D eigenvalue weighted by Crippen LogP contribution is 2.11. The Morgan fingerprint density at radius 3 is 2.33 bits per heavy atom. The molecule has 0 saturated carbocycles. The lowest BCUT2D eigenvalue weighted by atomic mass is 10.2. The van der Waals surface area contributed by atoms with E-state index in [0.717, 1.165) is 17.6 Å². The molecule has 1 aromatic carbocycles. The Hall–Kier alpha value is -0.340. The van der Waals surface area contributed by atoms with Gasteiger partial charge in [-0.15, -0.1) is 0 Å². The van der Waals surface area contributed by atoms with Gasteiger partial charge < -0.3 is 4.90 Å². The van der Waals surface area contributed by atoms with Crippen molar-refractivity contribution in [3.05, 3.63) is 34.3 Å². The normalized spacial score (nSPS) is 10.7. The highest BCUT2D eigenvalue weighted by Gasteiger charge is 1.96. The van der Waals surface area contributed by atoms with Crippen LogP contribution < -0.4 is 0 Å². The maximum absolute atomic E-state index is 3.42. The van der Waals surface area contributed by atoms with Crippen molar-refractivity contribution in [2.24, 2.45) is 0 Å². The average Bonchev–Trinajstić information content (AvgIpc) is 2.09. The van der Waals surface area contributed by atoms with Gasteiger partial charge in [-0.25, -0.2) is 0 Å². The zero-order valence-corrected chi connectivity index (χ0v) is 9.13. The second kappa shape index (κ2) is 4.63. The van der Waals surface area contributed by atoms with Crippen LogP contribution in [-0.2, 0) is 6.54 Å². The summed E-state index contributed by atoms with van der Waals surface area (Å²) in [5, 5.41) is 0. The predicted molar refractivity (Wildman–Crippen MR) is 56.2 cm³/mol. The molecular formula is C10H14BrN. The topological polar surface area (TPSA) is 3.24 Å². The number of hydrogen-bond donors (Lipinski definition) is 0. The van der Waals surface area contributed by atoms with E-state index in [9.17, 15) is 0 Å². The third kappa shape index (κ3) is 2.95. The maximum Gasteiger partial charge on any atom is 0.0230 e. The van der Waals surface area contributed by atoms with Crippen LogP contribution in [0.1, 0.15) is 12.5 Å². The molecule has 0 unspecified atom stereocenters. The minimum atomic E-state index is 1.03. The monoisotopic (exact) mass is 227 g/mol. The Morgan fingerprint density at radius 1 is 1.25 bits per heavy atom. The fraction of sp³-hybridized carbons (Fsp3) is 0.400. The van der Waals surface area contributed by atoms with Crippen LogP contribution in [0.3, 0.4) is 0 Å². The van der Waals surface area contributed by atoms with Gasteiger partial charge in [-0.05, 0) is 31.3 Å². The highest BCUT2D eigenvalue weighted by molar-refractivity contribution is 9.10. The Labute approximate surface area is 82.5 Å². The summed E-state index contributed by atoms with van der Waals surface area (Å²) in [6.07, 6.45) is 0. The van der Waals surface area contributed by atoms with Gasteiger partial charge in [-0.3, -0.25) is 0 Å². The van der Waals surface area contributed by atoms with E-state index in [-0.39, 0.29) is 0 Å². The Kier molecular flexibility index (Phi) is 3.76. The fourth-order valence-corrected chi connectivity index (χ4v) is 1.28. The van der Waals surface area contributed by atoms with Crippen LogP contribution in [0.5, 0.6) is 0 Å². The highest BCUT2D eigenvalue weighted by atomic mass is 79.9. The van der Waals surface area contributed by atoms with Gasteiger partial charge in [0, 0.05) is 11.0 Å². The second-order valence-electron chi connectivity index (χ2n) is 2.96. The standard InChI is InChI=1S/C10H14BrN/c1-3-12(2)8-9-4-6-10(11)7-5-9/h4-7H,3,8H2,1-2H3. The predicted octanol–water partition coefficient (Wildman–Crippen LogP) is 2.90. The van der Waals surface area contributed by atoms with E-state index in [0.29, 0.717) is 0 Å². The summed E-state index contributed by atoms with van der Waals surface area (Å²) in [5.41, 5.74) is 1.36. The molecule has 0 spiro atoms. The SMILES string of the molecule is CCN(C)Cc1ccc(Br)cc1. The van der Waals surface area contributed by atoms with Crippen molar-refractivity contribution in [1.82, 2.24) is 4.90 Å². The van der Waals surface area contributed by atoms with E-state index < -0.39 is 0 Å². The van der Waals surface area contributed by atoms with Crippen molar-refractivity contribution in [2.45, 2.75) is 13.5 Å². The van der Waals surface area contributed by atoms with Crippen molar-refractivity contribution in [2.75, 3.05) is 13.6 Å². The van der Waals surface area contributed by atoms with E-state index in [4.69, 9.17) is 0 Å². The Bertz CT molecular complexity index is 230. The Balaban J connectivity index is 2.58. The first kappa shape index (κ1) is 9.75. The van der Waals surface area contributed by atoms with Crippen LogP contribution in [0, 0.1) is 0 Å². The van der Waals surface area contributed by atoms with Crippen molar-refractivity contribution in [3.63, 3.8) is 0 Å². The largest absolute Gasteiger partial charge is 0.302 e. The lowest BCUT2D eigenvalue weighted by Gasteiger charge is -2.13. The first-order chi connectivity index (χ1) is 5.72. The molecule has 0 aliphatic rings. The summed E-state index contributed by atoms with van der Waals surface area (Å²) in [6.45, 7) is 4.29. The first-order valence-corrected chi connectivity index (χ1v) is 4.94. The molecule has 0 bridgehead atoms. The van der Waals surface area contributed by atoms with Gasteiger partial charge in [0.1, 0.15) is 0 Å². The third-order valence-electron chi connectivity index (χ3n) is 1.91. The number of hydrogen-bond acceptors (Lipinski definition) is 1. The van der Waals surface area contributed by atoms with Gasteiger partial charge >= 0.3 is 0 Å². The molecule has 0 aliphatic carbocycles. The summed E-state index contributed by atoms with van der Waals surface area (Å²) >= 11 is 3.42. The zero-order valence-electron chi connectivity index (χ0n) is 7.55. The molecular weight excluding hydrogens is 214 g/mol. The molecule has 0 aliphatic heterocycles. The molecule has 0 aromatic heterocycles. The lowest BCUT2D eigenvalue weighted by Crippen LogP contribution is -2.16. The van der Waals surface area contributed by atoms with Crippen LogP contribution in [0.25, 0.3) is 0 Å². The van der Waals surface area contributed by atoms with E-state index in [1.807, 2.05) is 0 Å². The molecule has 66 valence electrons. The number of benzene rings is 1. The minimum absolute atomic E-state index is 1.03. The molecule has 1 nitrogen and oxygen atoms in total. The van der Waals surface area contributed by atoms with Crippen molar-refractivity contribution >= 4 is 15.9 Å². The quantitative estimate of drug-likeness (QED) is 0.768. The summed E-state index contributed by atoms with van der Waals surface area (Å²) < 4.78 is 1.14. The van der Waals surface area contributed by atoms with Gasteiger partial charge in [0.05, 0.1) is 0 Å². The molecule has 0 N–H and O–H groups in total. The molecule has 0 heterocycles. The molecule has 0 saturated heterocycles. The minimum Gasteiger partial charge on any atom is -0.302 e. The van der Waals surface area contributed by atoms with Gasteiger partial charge in [-0.2, -0.15) is 0 Å². The second-order valence-corrected chi connectivity index (χ2v) is 3.87. The molecule has 1 aromatic rings. The molecule has 1 rings (SSSR count). The maximum atomic E-state index is 3.42. The number of halogens is 1. The third-order valence-corrected chi connectivity index (χ3v) is 2.43. The van der Waals surface area contributed by atoms with Crippen molar-refractivity contribution in [3.8, 4) is 0 Å². The van der Waals surface area contributed by atoms with Crippen LogP contribution in [-0.4, -0.2) is 18.5 Å². The molecule has 2 heteroatoms.